The molecule has 0 unspecified atom stereocenters. The van der Waals surface area contributed by atoms with Crippen LogP contribution in [0.2, 0.25) is 0 Å². The predicted molar refractivity (Wildman–Crippen MR) is 69.2 cm³/mol. The SMILES string of the molecule is C=C/C=C/C(C)(C)COCc1ccccc1. The lowest BCUT2D eigenvalue weighted by atomic mass is 9.94. The number of allylic oxidation sites excluding steroid dienone is 2. The smallest absolute Gasteiger partial charge is 0.0717 e. The summed E-state index contributed by atoms with van der Waals surface area (Å²) < 4.78 is 5.70. The zero-order valence-corrected chi connectivity index (χ0v) is 10.1. The van der Waals surface area contributed by atoms with Crippen molar-refractivity contribution in [3.8, 4) is 0 Å². The second kappa shape index (κ2) is 6.29. The van der Waals surface area contributed by atoms with Crippen LogP contribution in [0.1, 0.15) is 19.4 Å². The molecule has 0 fully saturated rings. The number of hydrogen-bond donors (Lipinski definition) is 0. The molecular weight excluding hydrogens is 196 g/mol. The van der Waals surface area contributed by atoms with E-state index in [1.54, 1.807) is 6.08 Å². The highest BCUT2D eigenvalue weighted by Crippen LogP contribution is 2.18. The molecule has 1 aromatic carbocycles. The fraction of sp³-hybridized carbons (Fsp3) is 0.333. The van der Waals surface area contributed by atoms with Crippen LogP contribution in [0.15, 0.2) is 55.1 Å². The number of rotatable bonds is 6. The predicted octanol–water partition coefficient (Wildman–Crippen LogP) is 3.97. The molecule has 0 N–H and O–H groups in total. The largest absolute Gasteiger partial charge is 0.376 e. The molecular formula is C15H20O. The number of hydrogen-bond acceptors (Lipinski definition) is 1. The zero-order valence-electron chi connectivity index (χ0n) is 10.1. The van der Waals surface area contributed by atoms with E-state index in [1.807, 2.05) is 24.3 Å². The summed E-state index contributed by atoms with van der Waals surface area (Å²) in [7, 11) is 0. The second-order valence-corrected chi connectivity index (χ2v) is 4.56. The fourth-order valence-corrected chi connectivity index (χ4v) is 1.38. The molecule has 1 heteroatoms. The van der Waals surface area contributed by atoms with E-state index < -0.39 is 0 Å². The molecule has 1 rings (SSSR count). The summed E-state index contributed by atoms with van der Waals surface area (Å²) in [5, 5.41) is 0. The van der Waals surface area contributed by atoms with Gasteiger partial charge in [-0.3, -0.25) is 0 Å². The van der Waals surface area contributed by atoms with E-state index >= 15 is 0 Å². The molecule has 0 atom stereocenters. The molecule has 0 aliphatic carbocycles. The maximum Gasteiger partial charge on any atom is 0.0717 e. The van der Waals surface area contributed by atoms with E-state index in [4.69, 9.17) is 4.74 Å². The van der Waals surface area contributed by atoms with E-state index in [1.165, 1.54) is 5.56 Å². The first-order chi connectivity index (χ1) is 7.64. The van der Waals surface area contributed by atoms with Gasteiger partial charge >= 0.3 is 0 Å². The summed E-state index contributed by atoms with van der Waals surface area (Å²) in [6.45, 7) is 9.35. The van der Waals surface area contributed by atoms with Crippen molar-refractivity contribution in [1.82, 2.24) is 0 Å². The normalized spacial score (nSPS) is 11.9. The third-order valence-electron chi connectivity index (χ3n) is 2.27. The number of ether oxygens (including phenoxy) is 1. The highest BCUT2D eigenvalue weighted by atomic mass is 16.5. The van der Waals surface area contributed by atoms with E-state index in [-0.39, 0.29) is 5.41 Å². The van der Waals surface area contributed by atoms with Crippen molar-refractivity contribution < 1.29 is 4.74 Å². The quantitative estimate of drug-likeness (QED) is 0.654. The molecule has 0 amide bonds. The van der Waals surface area contributed by atoms with Gasteiger partial charge in [0, 0.05) is 5.41 Å². The van der Waals surface area contributed by atoms with Crippen molar-refractivity contribution in [3.05, 3.63) is 60.7 Å². The van der Waals surface area contributed by atoms with Crippen molar-refractivity contribution in [1.29, 1.82) is 0 Å². The Balaban J connectivity index is 2.35. The maximum atomic E-state index is 5.70. The topological polar surface area (TPSA) is 9.23 Å². The average molecular weight is 216 g/mol. The third kappa shape index (κ3) is 4.94. The average Bonchev–Trinajstić information content (AvgIpc) is 2.28. The Hall–Kier alpha value is -1.34. The van der Waals surface area contributed by atoms with Gasteiger partial charge in [-0.2, -0.15) is 0 Å². The molecule has 0 saturated heterocycles. The molecule has 0 heterocycles. The fourth-order valence-electron chi connectivity index (χ4n) is 1.38. The van der Waals surface area contributed by atoms with Crippen molar-refractivity contribution in [3.63, 3.8) is 0 Å². The van der Waals surface area contributed by atoms with Gasteiger partial charge in [0.1, 0.15) is 0 Å². The van der Waals surface area contributed by atoms with E-state index in [0.29, 0.717) is 13.2 Å². The lowest BCUT2D eigenvalue weighted by Gasteiger charge is -2.19. The zero-order chi connectivity index (χ0) is 11.9. The molecule has 0 bridgehead atoms. The molecule has 0 saturated carbocycles. The van der Waals surface area contributed by atoms with Crippen LogP contribution in [0.25, 0.3) is 0 Å². The van der Waals surface area contributed by atoms with Gasteiger partial charge in [-0.1, -0.05) is 69.0 Å². The maximum absolute atomic E-state index is 5.70. The molecule has 0 spiro atoms. The number of benzene rings is 1. The van der Waals surface area contributed by atoms with E-state index in [0.717, 1.165) is 0 Å². The van der Waals surface area contributed by atoms with Gasteiger partial charge in [-0.15, -0.1) is 0 Å². The molecule has 0 aliphatic rings. The summed E-state index contributed by atoms with van der Waals surface area (Å²) in [6.07, 6.45) is 5.87. The van der Waals surface area contributed by atoms with Crippen molar-refractivity contribution in [2.45, 2.75) is 20.5 Å². The van der Waals surface area contributed by atoms with Gasteiger partial charge in [-0.05, 0) is 5.56 Å². The van der Waals surface area contributed by atoms with Crippen LogP contribution >= 0.6 is 0 Å². The lowest BCUT2D eigenvalue weighted by molar-refractivity contribution is 0.0717. The Morgan fingerprint density at radius 3 is 2.56 bits per heavy atom. The Kier molecular flexibility index (Phi) is 5.00. The first-order valence-corrected chi connectivity index (χ1v) is 5.56. The third-order valence-corrected chi connectivity index (χ3v) is 2.27. The van der Waals surface area contributed by atoms with Crippen LogP contribution in [0.5, 0.6) is 0 Å². The van der Waals surface area contributed by atoms with Crippen molar-refractivity contribution >= 4 is 0 Å². The second-order valence-electron chi connectivity index (χ2n) is 4.56. The Morgan fingerprint density at radius 1 is 1.25 bits per heavy atom. The first-order valence-electron chi connectivity index (χ1n) is 5.56. The van der Waals surface area contributed by atoms with Gasteiger partial charge in [0.05, 0.1) is 13.2 Å². The summed E-state index contributed by atoms with van der Waals surface area (Å²) in [6, 6.07) is 10.2. The molecule has 16 heavy (non-hydrogen) atoms. The first kappa shape index (κ1) is 12.7. The van der Waals surface area contributed by atoms with Gasteiger partial charge in [0.15, 0.2) is 0 Å². The van der Waals surface area contributed by atoms with Gasteiger partial charge in [0.2, 0.25) is 0 Å². The minimum absolute atomic E-state index is 0.0585. The van der Waals surface area contributed by atoms with Crippen LogP contribution in [0, 0.1) is 5.41 Å². The Morgan fingerprint density at radius 2 is 1.94 bits per heavy atom. The highest BCUT2D eigenvalue weighted by molar-refractivity contribution is 5.13. The summed E-state index contributed by atoms with van der Waals surface area (Å²) in [5.74, 6) is 0. The van der Waals surface area contributed by atoms with Gasteiger partial charge in [0.25, 0.3) is 0 Å². The van der Waals surface area contributed by atoms with Gasteiger partial charge < -0.3 is 4.74 Å². The lowest BCUT2D eigenvalue weighted by Crippen LogP contribution is -2.16. The van der Waals surface area contributed by atoms with Crippen molar-refractivity contribution in [2.75, 3.05) is 6.61 Å². The van der Waals surface area contributed by atoms with Crippen LogP contribution in [-0.2, 0) is 11.3 Å². The Labute approximate surface area is 98.5 Å². The van der Waals surface area contributed by atoms with Crippen LogP contribution in [0.4, 0.5) is 0 Å². The summed E-state index contributed by atoms with van der Waals surface area (Å²) >= 11 is 0. The Bertz CT molecular complexity index is 336. The van der Waals surface area contributed by atoms with Crippen molar-refractivity contribution in [2.24, 2.45) is 5.41 Å². The minimum atomic E-state index is 0.0585. The van der Waals surface area contributed by atoms with E-state index in [9.17, 15) is 0 Å². The minimum Gasteiger partial charge on any atom is -0.376 e. The molecule has 1 aromatic rings. The molecule has 1 nitrogen and oxygen atoms in total. The van der Waals surface area contributed by atoms with E-state index in [2.05, 4.69) is 38.6 Å². The van der Waals surface area contributed by atoms with Crippen LogP contribution in [0.3, 0.4) is 0 Å². The molecule has 0 aromatic heterocycles. The van der Waals surface area contributed by atoms with Crippen LogP contribution < -0.4 is 0 Å². The van der Waals surface area contributed by atoms with Gasteiger partial charge in [-0.25, -0.2) is 0 Å². The molecule has 86 valence electrons. The monoisotopic (exact) mass is 216 g/mol. The highest BCUT2D eigenvalue weighted by Gasteiger charge is 2.13. The van der Waals surface area contributed by atoms with Crippen LogP contribution in [-0.4, -0.2) is 6.61 Å². The summed E-state index contributed by atoms with van der Waals surface area (Å²) in [5.41, 5.74) is 1.27. The molecule has 0 radical (unpaired) electrons. The molecule has 0 aliphatic heterocycles. The standard InChI is InChI=1S/C15H20O/c1-4-5-11-15(2,3)13-16-12-14-9-7-6-8-10-14/h4-11H,1,12-13H2,2-3H3/b11-5+. The summed E-state index contributed by atoms with van der Waals surface area (Å²) in [4.78, 5) is 0.